The molecule has 84 valence electrons. The Morgan fingerprint density at radius 3 is 2.93 bits per heavy atom. The normalized spacial score (nSPS) is 23.3. The van der Waals surface area contributed by atoms with Crippen molar-refractivity contribution in [2.75, 3.05) is 19.6 Å². The summed E-state index contributed by atoms with van der Waals surface area (Å²) in [5.74, 6) is 0.957. The average Bonchev–Trinajstić information content (AvgIpc) is 2.53. The third-order valence-corrected chi connectivity index (χ3v) is 3.18. The fourth-order valence-electron chi connectivity index (χ4n) is 2.05. The van der Waals surface area contributed by atoms with Crippen LogP contribution in [0, 0.1) is 13.8 Å². The van der Waals surface area contributed by atoms with E-state index in [1.807, 2.05) is 13.8 Å². The minimum atomic E-state index is 0.590. The van der Waals surface area contributed by atoms with Gasteiger partial charge in [0.1, 0.15) is 5.76 Å². The SMILES string of the molecule is Cc1noc(C)c1CN1CCNC[C@@H]1C. The molecule has 0 amide bonds. The molecule has 0 bridgehead atoms. The molecule has 1 saturated heterocycles. The standard InChI is InChI=1S/C11H19N3O/c1-8-6-12-4-5-14(8)7-11-9(2)13-15-10(11)3/h8,12H,4-7H2,1-3H3/t8-/m0/s1. The lowest BCUT2D eigenvalue weighted by Crippen LogP contribution is -2.49. The van der Waals surface area contributed by atoms with Gasteiger partial charge < -0.3 is 9.84 Å². The lowest BCUT2D eigenvalue weighted by Gasteiger charge is -2.33. The van der Waals surface area contributed by atoms with Crippen LogP contribution >= 0.6 is 0 Å². The smallest absolute Gasteiger partial charge is 0.138 e. The van der Waals surface area contributed by atoms with E-state index in [1.165, 1.54) is 5.56 Å². The number of nitrogens with one attached hydrogen (secondary N) is 1. The van der Waals surface area contributed by atoms with E-state index in [-0.39, 0.29) is 0 Å². The Kier molecular flexibility index (Phi) is 3.07. The summed E-state index contributed by atoms with van der Waals surface area (Å²) in [5, 5.41) is 7.38. The van der Waals surface area contributed by atoms with Crippen LogP contribution in [-0.2, 0) is 6.54 Å². The van der Waals surface area contributed by atoms with Crippen LogP contribution in [0.1, 0.15) is 23.9 Å². The molecule has 1 aliphatic rings. The first-order valence-electron chi connectivity index (χ1n) is 5.55. The van der Waals surface area contributed by atoms with Gasteiger partial charge in [-0.2, -0.15) is 0 Å². The minimum absolute atomic E-state index is 0.590. The van der Waals surface area contributed by atoms with Crippen molar-refractivity contribution >= 4 is 0 Å². The zero-order valence-electron chi connectivity index (χ0n) is 9.71. The summed E-state index contributed by atoms with van der Waals surface area (Å²) in [4.78, 5) is 2.48. The van der Waals surface area contributed by atoms with Gasteiger partial charge in [0.15, 0.2) is 0 Å². The Bertz CT molecular complexity index is 315. The van der Waals surface area contributed by atoms with Crippen LogP contribution in [-0.4, -0.2) is 35.7 Å². The highest BCUT2D eigenvalue weighted by atomic mass is 16.5. The van der Waals surface area contributed by atoms with Crippen molar-refractivity contribution < 1.29 is 4.52 Å². The van der Waals surface area contributed by atoms with E-state index in [2.05, 4.69) is 22.3 Å². The second kappa shape index (κ2) is 4.33. The molecule has 0 aromatic carbocycles. The monoisotopic (exact) mass is 209 g/mol. The summed E-state index contributed by atoms with van der Waals surface area (Å²) in [7, 11) is 0. The molecule has 4 heteroatoms. The highest BCUT2D eigenvalue weighted by molar-refractivity contribution is 5.20. The van der Waals surface area contributed by atoms with Gasteiger partial charge in [-0.1, -0.05) is 5.16 Å². The van der Waals surface area contributed by atoms with E-state index in [9.17, 15) is 0 Å². The molecule has 0 saturated carbocycles. The second-order valence-electron chi connectivity index (χ2n) is 4.33. The van der Waals surface area contributed by atoms with Crippen molar-refractivity contribution in [3.8, 4) is 0 Å². The summed E-state index contributed by atoms with van der Waals surface area (Å²) in [6, 6.07) is 0.590. The molecular formula is C11H19N3O. The first-order chi connectivity index (χ1) is 7.18. The molecule has 15 heavy (non-hydrogen) atoms. The molecule has 1 fully saturated rings. The highest BCUT2D eigenvalue weighted by Gasteiger charge is 2.20. The fraction of sp³-hybridized carbons (Fsp3) is 0.727. The third-order valence-electron chi connectivity index (χ3n) is 3.18. The lowest BCUT2D eigenvalue weighted by molar-refractivity contribution is 0.164. The Morgan fingerprint density at radius 2 is 2.33 bits per heavy atom. The number of piperazine rings is 1. The van der Waals surface area contributed by atoms with Crippen LogP contribution in [0.2, 0.25) is 0 Å². The molecule has 0 spiro atoms. The molecule has 0 radical (unpaired) electrons. The maximum absolute atomic E-state index is 5.18. The van der Waals surface area contributed by atoms with Gasteiger partial charge in [-0.15, -0.1) is 0 Å². The summed E-state index contributed by atoms with van der Waals surface area (Å²) < 4.78 is 5.18. The van der Waals surface area contributed by atoms with Crippen LogP contribution < -0.4 is 5.32 Å². The maximum Gasteiger partial charge on any atom is 0.138 e. The van der Waals surface area contributed by atoms with Crippen LogP contribution in [0.3, 0.4) is 0 Å². The number of aryl methyl sites for hydroxylation is 2. The molecule has 2 heterocycles. The summed E-state index contributed by atoms with van der Waals surface area (Å²) >= 11 is 0. The molecule has 4 nitrogen and oxygen atoms in total. The predicted octanol–water partition coefficient (Wildman–Crippen LogP) is 1.09. The van der Waals surface area contributed by atoms with Gasteiger partial charge in [-0.25, -0.2) is 0 Å². The number of hydrogen-bond acceptors (Lipinski definition) is 4. The van der Waals surface area contributed by atoms with Crippen molar-refractivity contribution in [3.63, 3.8) is 0 Å². The van der Waals surface area contributed by atoms with E-state index < -0.39 is 0 Å². The van der Waals surface area contributed by atoms with E-state index in [4.69, 9.17) is 4.52 Å². The van der Waals surface area contributed by atoms with Crippen LogP contribution in [0.25, 0.3) is 0 Å². The van der Waals surface area contributed by atoms with E-state index in [1.54, 1.807) is 0 Å². The van der Waals surface area contributed by atoms with Gasteiger partial charge in [0, 0.05) is 37.8 Å². The molecule has 0 unspecified atom stereocenters. The zero-order valence-corrected chi connectivity index (χ0v) is 9.71. The molecule has 1 N–H and O–H groups in total. The van der Waals surface area contributed by atoms with Crippen molar-refractivity contribution in [2.45, 2.75) is 33.4 Å². The molecular weight excluding hydrogens is 190 g/mol. The number of aromatic nitrogens is 1. The number of rotatable bonds is 2. The Balaban J connectivity index is 2.07. The first kappa shape index (κ1) is 10.6. The van der Waals surface area contributed by atoms with E-state index >= 15 is 0 Å². The Hall–Kier alpha value is -0.870. The first-order valence-corrected chi connectivity index (χ1v) is 5.55. The molecule has 2 rings (SSSR count). The van der Waals surface area contributed by atoms with Crippen molar-refractivity contribution in [2.24, 2.45) is 0 Å². The topological polar surface area (TPSA) is 41.3 Å². The maximum atomic E-state index is 5.18. The summed E-state index contributed by atoms with van der Waals surface area (Å²) in [6.07, 6.45) is 0. The quantitative estimate of drug-likeness (QED) is 0.791. The summed E-state index contributed by atoms with van der Waals surface area (Å²) in [6.45, 7) is 10.5. The van der Waals surface area contributed by atoms with Crippen LogP contribution in [0.4, 0.5) is 0 Å². The van der Waals surface area contributed by atoms with E-state index in [0.717, 1.165) is 37.6 Å². The van der Waals surface area contributed by atoms with Gasteiger partial charge in [0.2, 0.25) is 0 Å². The number of nitrogens with zero attached hydrogens (tertiary/aromatic N) is 2. The van der Waals surface area contributed by atoms with Gasteiger partial charge >= 0.3 is 0 Å². The molecule has 1 atom stereocenters. The van der Waals surface area contributed by atoms with Crippen molar-refractivity contribution in [1.82, 2.24) is 15.4 Å². The van der Waals surface area contributed by atoms with Gasteiger partial charge in [-0.05, 0) is 20.8 Å². The highest BCUT2D eigenvalue weighted by Crippen LogP contribution is 2.16. The zero-order chi connectivity index (χ0) is 10.8. The molecule has 1 aromatic heterocycles. The molecule has 0 aliphatic carbocycles. The van der Waals surface area contributed by atoms with Crippen molar-refractivity contribution in [1.29, 1.82) is 0 Å². The third kappa shape index (κ3) is 2.21. The Morgan fingerprint density at radius 1 is 1.53 bits per heavy atom. The second-order valence-corrected chi connectivity index (χ2v) is 4.33. The molecule has 1 aliphatic heterocycles. The van der Waals surface area contributed by atoms with Crippen LogP contribution in [0.5, 0.6) is 0 Å². The minimum Gasteiger partial charge on any atom is -0.361 e. The predicted molar refractivity (Wildman–Crippen MR) is 58.7 cm³/mol. The van der Waals surface area contributed by atoms with Gasteiger partial charge in [0.25, 0.3) is 0 Å². The number of hydrogen-bond donors (Lipinski definition) is 1. The lowest BCUT2D eigenvalue weighted by atomic mass is 10.1. The Labute approximate surface area is 90.6 Å². The van der Waals surface area contributed by atoms with Gasteiger partial charge in [0.05, 0.1) is 5.69 Å². The van der Waals surface area contributed by atoms with Crippen LogP contribution in [0.15, 0.2) is 4.52 Å². The average molecular weight is 209 g/mol. The fourth-order valence-corrected chi connectivity index (χ4v) is 2.05. The van der Waals surface area contributed by atoms with E-state index in [0.29, 0.717) is 6.04 Å². The molecule has 1 aromatic rings. The largest absolute Gasteiger partial charge is 0.361 e. The van der Waals surface area contributed by atoms with Crippen molar-refractivity contribution in [3.05, 3.63) is 17.0 Å². The summed E-state index contributed by atoms with van der Waals surface area (Å²) in [5.41, 5.74) is 2.28. The van der Waals surface area contributed by atoms with Gasteiger partial charge in [-0.3, -0.25) is 4.90 Å².